The third-order valence-electron chi connectivity index (χ3n) is 22.8. The number of carboxylic acids is 1. The molecule has 134 heavy (non-hydrogen) atoms. The van der Waals surface area contributed by atoms with Gasteiger partial charge < -0.3 is 92.8 Å². The number of nitrogens with zero attached hydrogens (tertiary/aromatic N) is 8. The lowest BCUT2D eigenvalue weighted by Gasteiger charge is -2.46. The number of benzene rings is 7. The van der Waals surface area contributed by atoms with E-state index in [-0.39, 0.29) is 84.8 Å². The molecule has 718 valence electrons. The van der Waals surface area contributed by atoms with E-state index in [0.29, 0.717) is 85.0 Å². The zero-order valence-electron chi connectivity index (χ0n) is 80.0. The molecular weight excluding hydrogens is 1850 g/mol. The number of halogens is 2. The van der Waals surface area contributed by atoms with Crippen molar-refractivity contribution in [3.63, 3.8) is 0 Å². The quantitative estimate of drug-likeness (QED) is 0.0957. The predicted molar refractivity (Wildman–Crippen MR) is 512 cm³/mol. The van der Waals surface area contributed by atoms with Crippen LogP contribution in [0.4, 0.5) is 51.5 Å². The number of hydrogen-bond donors (Lipinski definition) is 3. The van der Waals surface area contributed by atoms with Gasteiger partial charge in [-0.15, -0.1) is 0 Å². The Bertz CT molecular complexity index is 5390. The van der Waals surface area contributed by atoms with E-state index in [1.807, 2.05) is 279 Å². The number of nitrogens with one attached hydrogen (secondary N) is 2. The molecule has 0 aliphatic carbocycles. The number of aliphatic carboxylic acids is 1. The first-order valence-corrected chi connectivity index (χ1v) is 46.1. The summed E-state index contributed by atoms with van der Waals surface area (Å²) < 4.78 is 44.1. The fourth-order valence-electron chi connectivity index (χ4n) is 16.0. The van der Waals surface area contributed by atoms with Crippen molar-refractivity contribution in [1.29, 1.82) is 0 Å². The molecule has 10 amide bonds. The van der Waals surface area contributed by atoms with Gasteiger partial charge in [-0.3, -0.25) is 28.8 Å². The first-order valence-electron chi connectivity index (χ1n) is 44.5. The van der Waals surface area contributed by atoms with Gasteiger partial charge in [0.05, 0.1) is 50.8 Å². The summed E-state index contributed by atoms with van der Waals surface area (Å²) in [5.41, 5.74) is 4.32. The molecule has 9 heterocycles. The maximum atomic E-state index is 13.5. The first-order chi connectivity index (χ1) is 62.6. The van der Waals surface area contributed by atoms with Crippen molar-refractivity contribution in [3.05, 3.63) is 212 Å². The molecule has 6 fully saturated rings. The lowest BCUT2D eigenvalue weighted by Crippen LogP contribution is -2.65. The third kappa shape index (κ3) is 25.2. The smallest absolute Gasteiger partial charge is 0.410 e. The van der Waals surface area contributed by atoms with E-state index in [2.05, 4.69) is 42.5 Å². The van der Waals surface area contributed by atoms with Crippen LogP contribution in [-0.2, 0) is 92.9 Å². The van der Waals surface area contributed by atoms with Crippen LogP contribution in [0.5, 0.6) is 11.5 Å². The summed E-state index contributed by atoms with van der Waals surface area (Å²) in [5.74, 6) is 0.0558. The Balaban J connectivity index is 0.000000157. The second-order valence-corrected chi connectivity index (χ2v) is 42.3. The van der Waals surface area contributed by atoms with Crippen molar-refractivity contribution < 1.29 is 101 Å². The summed E-state index contributed by atoms with van der Waals surface area (Å²) in [5, 5.41) is 14.3. The fraction of sp³-hybridized carbons (Fsp3) is 0.465. The Kier molecular flexibility index (Phi) is 31.2. The molecule has 9 aliphatic rings. The van der Waals surface area contributed by atoms with Gasteiger partial charge in [-0.1, -0.05) is 125 Å². The van der Waals surface area contributed by atoms with Gasteiger partial charge in [0, 0.05) is 111 Å². The summed E-state index contributed by atoms with van der Waals surface area (Å²) in [6.45, 7) is 38.1. The minimum absolute atomic E-state index is 0.0162. The Hall–Kier alpha value is -12.3. The van der Waals surface area contributed by atoms with E-state index < -0.39 is 67.8 Å². The normalized spacial score (nSPS) is 16.9. The van der Waals surface area contributed by atoms with Crippen LogP contribution in [0.25, 0.3) is 0 Å². The molecule has 0 atom stereocenters. The molecule has 0 saturated carbocycles. The van der Waals surface area contributed by atoms with Gasteiger partial charge in [0.1, 0.15) is 67.1 Å². The molecule has 0 radical (unpaired) electrons. The Morgan fingerprint density at radius 2 is 0.716 bits per heavy atom. The van der Waals surface area contributed by atoms with Crippen LogP contribution < -0.4 is 29.9 Å². The second-order valence-electron chi connectivity index (χ2n) is 40.6. The maximum Gasteiger partial charge on any atom is 0.410 e. The van der Waals surface area contributed by atoms with Crippen LogP contribution in [0.1, 0.15) is 158 Å². The van der Waals surface area contributed by atoms with Crippen molar-refractivity contribution in [2.75, 3.05) is 113 Å². The van der Waals surface area contributed by atoms with Crippen LogP contribution >= 0.6 is 31.9 Å². The number of amides is 10. The summed E-state index contributed by atoms with van der Waals surface area (Å²) in [6.07, 6.45) is -1.85. The molecule has 0 unspecified atom stereocenters. The zero-order chi connectivity index (χ0) is 98.3. The fourth-order valence-corrected chi connectivity index (χ4v) is 16.9. The minimum atomic E-state index is -0.857. The van der Waals surface area contributed by atoms with Crippen molar-refractivity contribution >= 4 is 127 Å². The van der Waals surface area contributed by atoms with Crippen molar-refractivity contribution in [3.8, 4) is 11.5 Å². The lowest BCUT2D eigenvalue weighted by molar-refractivity contribution is -0.147. The van der Waals surface area contributed by atoms with Crippen LogP contribution in [0.15, 0.2) is 179 Å². The Morgan fingerprint density at radius 3 is 1.10 bits per heavy atom. The second kappa shape index (κ2) is 40.9. The van der Waals surface area contributed by atoms with Crippen LogP contribution in [-0.4, -0.2) is 233 Å². The van der Waals surface area contributed by atoms with Gasteiger partial charge in [-0.05, 0) is 235 Å². The van der Waals surface area contributed by atoms with Gasteiger partial charge in [0.25, 0.3) is 0 Å². The average Bonchev–Trinajstić information content (AvgIpc) is 1.55. The number of Topliss-reactive ketones (excluding diaryl/α,β-unsaturated/α-hetero) is 1. The highest BCUT2D eigenvalue weighted by Crippen LogP contribution is 2.50. The number of para-hydroxylation sites is 4. The number of ketones is 1. The number of methoxy groups -OCH3 is 2. The third-order valence-corrected chi connectivity index (χ3v) is 24.3. The molecule has 0 bridgehead atoms. The van der Waals surface area contributed by atoms with E-state index in [1.54, 1.807) is 64.4 Å². The topological polar surface area (TPSA) is 349 Å². The molecule has 6 saturated heterocycles. The molecule has 0 aromatic heterocycles. The van der Waals surface area contributed by atoms with Crippen molar-refractivity contribution in [1.82, 2.24) is 29.4 Å². The number of fused-ring (bicyclic) bond motifs is 6. The Morgan fingerprint density at radius 1 is 0.388 bits per heavy atom. The minimum Gasteiger partial charge on any atom is -0.497 e. The Labute approximate surface area is 800 Å². The van der Waals surface area contributed by atoms with E-state index in [4.69, 9.17) is 43.0 Å². The number of carbonyl (C=O) groups is 12. The van der Waals surface area contributed by atoms with Gasteiger partial charge in [-0.25, -0.2) is 28.8 Å². The number of anilines is 4. The van der Waals surface area contributed by atoms with Crippen LogP contribution in [0.3, 0.4) is 0 Å². The number of carbonyl (C=O) groups excluding carboxylic acids is 11. The SMILES string of the molecule is CC(C)(C)OC(=O)N1CC(C(=O)Cc2ccccc2Br)C1.CC(C)(C)OC(=O)N1CC(C(=O)O)C1.CC(C)(C)OC(=O)N1CC2(C1)C(=O)Nc1ccccc12.CC(C)(C)OC(=O)N1CC2(C1)C(=O)Nc1ccccc12.COc1ccc(CN(C(=O)C2CN(C(=O)OC(C)(C)C)C2)c2ccccc2Br)cc1.COc1ccc(CN2C(=O)C3(CN(C(=O)OC(C)(C)C)C3)c3ccccc32)cc1. The molecule has 9 aliphatic heterocycles. The average molecular weight is 1970 g/mol. The molecule has 3 spiro atoms. The standard InChI is InChI=1S/C23H27BrN2O4.C23H26N2O4.C16H20BrNO3.2C15H18N2O3.C9H15NO4/c1-23(2,3)30-22(28)25-14-17(15-25)21(27)26(20-8-6-5-7-19(20)24)13-16-9-11-18(29-4)12-10-16;1-22(2,3)29-21(27)24-14-23(15-24)18-7-5-6-8-19(18)25(20(23)26)13-16-9-11-17(28-4)12-10-16;1-16(2,3)21-15(20)18-9-12(10-18)14(19)8-11-6-4-5-7-13(11)17;2*1-14(2,3)20-13(19)17-8-15(9-17)10-6-4-5-7-11(10)16-12(15)18;1-9(2,3)14-8(13)10-4-6(5-10)7(11)12/h5-12,17H,13-15H2,1-4H3;5-12H,13-15H2,1-4H3;4-7,12H,8-10H2,1-3H3;2*4-7H,8-9H2,1-3H3,(H,16,18);6H,4-5H2,1-3H3,(H,11,12). The summed E-state index contributed by atoms with van der Waals surface area (Å²) in [6, 6.07) is 53.9. The number of carboxylic acid groups (broad SMARTS) is 1. The van der Waals surface area contributed by atoms with Crippen molar-refractivity contribution in [2.24, 2.45) is 17.8 Å². The number of hydrogen-bond acceptors (Lipinski definition) is 20. The predicted octanol–water partition coefficient (Wildman–Crippen LogP) is 17.2. The highest BCUT2D eigenvalue weighted by Gasteiger charge is 2.61. The van der Waals surface area contributed by atoms with E-state index in [0.717, 1.165) is 76.6 Å². The van der Waals surface area contributed by atoms with Gasteiger partial charge in [0.15, 0.2) is 0 Å². The van der Waals surface area contributed by atoms with Gasteiger partial charge in [-0.2, -0.15) is 0 Å². The molecule has 7 aromatic rings. The van der Waals surface area contributed by atoms with E-state index in [1.165, 1.54) is 4.90 Å². The number of likely N-dealkylation sites (tertiary alicyclic amines) is 6. The monoisotopic (exact) mass is 1970 g/mol. The number of rotatable bonds is 12. The highest BCUT2D eigenvalue weighted by atomic mass is 79.9. The van der Waals surface area contributed by atoms with E-state index in [9.17, 15) is 57.5 Å². The summed E-state index contributed by atoms with van der Waals surface area (Å²) in [4.78, 5) is 158. The lowest BCUT2D eigenvalue weighted by atomic mass is 9.75. The molecule has 16 rings (SSSR count). The molecule has 31 nitrogen and oxygen atoms in total. The maximum absolute atomic E-state index is 13.5. The molecular formula is C101H124Br2N10O21. The summed E-state index contributed by atoms with van der Waals surface area (Å²) >= 11 is 7.01. The first kappa shape index (κ1) is 102. The molecule has 33 heteroatoms. The molecule has 3 N–H and O–H groups in total. The number of ether oxygens (including phenoxy) is 8. The van der Waals surface area contributed by atoms with Crippen LogP contribution in [0, 0.1) is 17.8 Å². The zero-order valence-corrected chi connectivity index (χ0v) is 83.1. The molecule has 7 aromatic carbocycles. The highest BCUT2D eigenvalue weighted by molar-refractivity contribution is 9.11. The van der Waals surface area contributed by atoms with Crippen molar-refractivity contribution in [2.45, 2.75) is 194 Å². The van der Waals surface area contributed by atoms with Gasteiger partial charge >= 0.3 is 42.5 Å². The van der Waals surface area contributed by atoms with Crippen LogP contribution in [0.2, 0.25) is 0 Å². The largest absolute Gasteiger partial charge is 0.497 e. The van der Waals surface area contributed by atoms with Gasteiger partial charge in [0.2, 0.25) is 23.6 Å². The summed E-state index contributed by atoms with van der Waals surface area (Å²) in [7, 11) is 3.25. The van der Waals surface area contributed by atoms with E-state index >= 15 is 0 Å².